The van der Waals surface area contributed by atoms with Gasteiger partial charge >= 0.3 is 5.97 Å². The van der Waals surface area contributed by atoms with Crippen molar-refractivity contribution < 1.29 is 19.0 Å². The number of nitrogens with zero attached hydrogens (tertiary/aromatic N) is 4. The molecule has 1 N–H and O–H groups in total. The highest BCUT2D eigenvalue weighted by atomic mass is 79.9. The zero-order valence-electron chi connectivity index (χ0n) is 16.9. The average molecular weight is 562 g/mol. The van der Waals surface area contributed by atoms with Crippen LogP contribution >= 0.6 is 50.6 Å². The van der Waals surface area contributed by atoms with Gasteiger partial charge < -0.3 is 14.7 Å². The summed E-state index contributed by atoms with van der Waals surface area (Å²) in [6.07, 6.45) is 1.95. The molecule has 1 aliphatic heterocycles. The van der Waals surface area contributed by atoms with Crippen molar-refractivity contribution in [3.05, 3.63) is 33.6 Å². The van der Waals surface area contributed by atoms with E-state index in [2.05, 4.69) is 35.8 Å². The Morgan fingerprint density at radius 1 is 1.41 bits per heavy atom. The van der Waals surface area contributed by atoms with E-state index in [-0.39, 0.29) is 17.1 Å². The van der Waals surface area contributed by atoms with Crippen molar-refractivity contribution in [1.29, 1.82) is 0 Å². The molecule has 1 unspecified atom stereocenters. The second-order valence-electron chi connectivity index (χ2n) is 7.18. The summed E-state index contributed by atoms with van der Waals surface area (Å²) >= 11 is 12.2. The predicted octanol–water partition coefficient (Wildman–Crippen LogP) is 5.64. The SMILES string of the molecule is CCC(Sc1nc(Cl)c2sc(N3CCC(Oc4cc(F)ccc4Br)CC3)nc2n1)C(=O)O. The Morgan fingerprint density at radius 2 is 2.16 bits per heavy atom. The number of carboxylic acids is 1. The van der Waals surface area contributed by atoms with Crippen LogP contribution in [0.15, 0.2) is 27.8 Å². The molecule has 1 aliphatic rings. The molecule has 3 aromatic rings. The minimum absolute atomic E-state index is 0.0212. The minimum atomic E-state index is -0.911. The molecule has 0 bridgehead atoms. The molecule has 0 saturated carbocycles. The maximum Gasteiger partial charge on any atom is 0.317 e. The van der Waals surface area contributed by atoms with Crippen LogP contribution in [0.2, 0.25) is 5.15 Å². The molecule has 4 rings (SSSR count). The molecule has 1 saturated heterocycles. The number of thiazole rings is 1. The summed E-state index contributed by atoms with van der Waals surface area (Å²) < 4.78 is 20.9. The second kappa shape index (κ2) is 10.1. The number of halogens is 3. The Hall–Kier alpha value is -1.69. The maximum absolute atomic E-state index is 13.5. The summed E-state index contributed by atoms with van der Waals surface area (Å²) in [7, 11) is 0. The lowest BCUT2D eigenvalue weighted by molar-refractivity contribution is -0.136. The first-order valence-corrected chi connectivity index (χ1v) is 12.8. The summed E-state index contributed by atoms with van der Waals surface area (Å²) in [5.74, 6) is -0.742. The number of ether oxygens (including phenoxy) is 1. The van der Waals surface area contributed by atoms with Gasteiger partial charge in [0, 0.05) is 32.0 Å². The van der Waals surface area contributed by atoms with Gasteiger partial charge in [0.25, 0.3) is 0 Å². The van der Waals surface area contributed by atoms with Gasteiger partial charge in [-0.25, -0.2) is 14.4 Å². The quantitative estimate of drug-likeness (QED) is 0.225. The topological polar surface area (TPSA) is 88.4 Å². The van der Waals surface area contributed by atoms with E-state index in [9.17, 15) is 14.3 Å². The van der Waals surface area contributed by atoms with Crippen molar-refractivity contribution >= 4 is 72.1 Å². The number of aromatic nitrogens is 3. The van der Waals surface area contributed by atoms with E-state index in [1.54, 1.807) is 13.0 Å². The van der Waals surface area contributed by atoms with Crippen LogP contribution in [0.4, 0.5) is 9.52 Å². The zero-order chi connectivity index (χ0) is 22.8. The van der Waals surface area contributed by atoms with Crippen LogP contribution in [0, 0.1) is 5.82 Å². The molecule has 0 spiro atoms. The average Bonchev–Trinajstić information content (AvgIpc) is 3.20. The number of rotatable bonds is 7. The third-order valence-electron chi connectivity index (χ3n) is 4.97. The van der Waals surface area contributed by atoms with Crippen molar-refractivity contribution in [2.75, 3.05) is 18.0 Å². The highest BCUT2D eigenvalue weighted by molar-refractivity contribution is 9.10. The van der Waals surface area contributed by atoms with Gasteiger partial charge in [0.2, 0.25) is 0 Å². The van der Waals surface area contributed by atoms with E-state index in [0.29, 0.717) is 27.7 Å². The van der Waals surface area contributed by atoms with Crippen LogP contribution < -0.4 is 9.64 Å². The minimum Gasteiger partial charge on any atom is -0.489 e. The number of carboxylic acid groups (broad SMARTS) is 1. The second-order valence-corrected chi connectivity index (χ2v) is 10.5. The van der Waals surface area contributed by atoms with Crippen molar-refractivity contribution in [2.45, 2.75) is 42.7 Å². The molecule has 0 amide bonds. The van der Waals surface area contributed by atoms with E-state index >= 15 is 0 Å². The van der Waals surface area contributed by atoms with E-state index in [4.69, 9.17) is 16.3 Å². The lowest BCUT2D eigenvalue weighted by Gasteiger charge is -2.32. The first kappa shape index (κ1) is 23.5. The number of fused-ring (bicyclic) bond motifs is 1. The van der Waals surface area contributed by atoms with E-state index < -0.39 is 11.2 Å². The largest absolute Gasteiger partial charge is 0.489 e. The fourth-order valence-electron chi connectivity index (χ4n) is 3.30. The Morgan fingerprint density at radius 3 is 2.84 bits per heavy atom. The molecule has 0 radical (unpaired) electrons. The predicted molar refractivity (Wildman–Crippen MR) is 128 cm³/mol. The number of piperidine rings is 1. The summed E-state index contributed by atoms with van der Waals surface area (Å²) in [5.41, 5.74) is 0.467. The van der Waals surface area contributed by atoms with Gasteiger partial charge in [0.1, 0.15) is 27.6 Å². The number of thioether (sulfide) groups is 1. The summed E-state index contributed by atoms with van der Waals surface area (Å²) in [5, 5.41) is 10.0. The summed E-state index contributed by atoms with van der Waals surface area (Å²) in [6, 6.07) is 4.40. The third-order valence-corrected chi connectivity index (χ3v) is 8.34. The highest BCUT2D eigenvalue weighted by Crippen LogP contribution is 2.36. The Kier molecular flexibility index (Phi) is 7.38. The van der Waals surface area contributed by atoms with Gasteiger partial charge in [0.05, 0.1) is 4.47 Å². The van der Waals surface area contributed by atoms with Crippen LogP contribution in [0.5, 0.6) is 5.75 Å². The fourth-order valence-corrected chi connectivity index (χ4v) is 5.71. The van der Waals surface area contributed by atoms with Gasteiger partial charge in [-0.15, -0.1) is 0 Å². The Balaban J connectivity index is 1.45. The molecule has 7 nitrogen and oxygen atoms in total. The van der Waals surface area contributed by atoms with Crippen LogP contribution in [0.25, 0.3) is 10.3 Å². The number of aliphatic carboxylic acids is 1. The number of benzene rings is 1. The summed E-state index contributed by atoms with van der Waals surface area (Å²) in [4.78, 5) is 26.7. The normalized spacial score (nSPS) is 15.8. The van der Waals surface area contributed by atoms with Gasteiger partial charge in [-0.2, -0.15) is 4.98 Å². The standard InChI is InChI=1S/C20H19BrClFN4O3S2/c1-2-14(18(28)29)31-19-24-16(22)15-17(25-19)26-20(32-15)27-7-5-11(6-8-27)30-13-9-10(23)3-4-12(13)21/h3-4,9,11,14H,2,5-8H2,1H3,(H,28,29). The van der Waals surface area contributed by atoms with Gasteiger partial charge in [-0.3, -0.25) is 4.79 Å². The first-order chi connectivity index (χ1) is 15.3. The molecule has 0 aliphatic carbocycles. The van der Waals surface area contributed by atoms with E-state index in [0.717, 1.165) is 47.3 Å². The van der Waals surface area contributed by atoms with Crippen LogP contribution in [0.1, 0.15) is 26.2 Å². The third kappa shape index (κ3) is 5.27. The molecule has 2 aromatic heterocycles. The van der Waals surface area contributed by atoms with Gasteiger partial charge in [-0.05, 0) is 34.5 Å². The lowest BCUT2D eigenvalue weighted by atomic mass is 10.1. The van der Waals surface area contributed by atoms with Crippen molar-refractivity contribution in [3.8, 4) is 5.75 Å². The number of anilines is 1. The molecule has 170 valence electrons. The first-order valence-electron chi connectivity index (χ1n) is 9.94. The number of hydrogen-bond acceptors (Lipinski definition) is 8. The molecule has 1 fully saturated rings. The number of hydrogen-bond donors (Lipinski definition) is 1. The lowest BCUT2D eigenvalue weighted by Crippen LogP contribution is -2.38. The van der Waals surface area contributed by atoms with Crippen LogP contribution in [-0.4, -0.2) is 50.5 Å². The Bertz CT molecular complexity index is 1140. The fraction of sp³-hybridized carbons (Fsp3) is 0.400. The molecule has 12 heteroatoms. The summed E-state index contributed by atoms with van der Waals surface area (Å²) in [6.45, 7) is 3.25. The van der Waals surface area contributed by atoms with Crippen molar-refractivity contribution in [1.82, 2.24) is 15.0 Å². The molecule has 32 heavy (non-hydrogen) atoms. The molecule has 3 heterocycles. The molecular weight excluding hydrogens is 543 g/mol. The maximum atomic E-state index is 13.5. The van der Waals surface area contributed by atoms with Crippen molar-refractivity contribution in [3.63, 3.8) is 0 Å². The molecule has 1 atom stereocenters. The van der Waals surface area contributed by atoms with Crippen LogP contribution in [0.3, 0.4) is 0 Å². The molecule has 1 aromatic carbocycles. The highest BCUT2D eigenvalue weighted by Gasteiger charge is 2.25. The van der Waals surface area contributed by atoms with Gasteiger partial charge in [-0.1, -0.05) is 41.6 Å². The van der Waals surface area contributed by atoms with E-state index in [1.807, 2.05) is 0 Å². The van der Waals surface area contributed by atoms with Crippen LogP contribution in [-0.2, 0) is 4.79 Å². The Labute approximate surface area is 205 Å². The monoisotopic (exact) mass is 560 g/mol. The van der Waals surface area contributed by atoms with Gasteiger partial charge in [0.15, 0.2) is 21.1 Å². The zero-order valence-corrected chi connectivity index (χ0v) is 20.9. The van der Waals surface area contributed by atoms with E-state index in [1.165, 1.54) is 23.5 Å². The molecular formula is C20H19BrClFN4O3S2. The number of carbonyl (C=O) groups is 1. The van der Waals surface area contributed by atoms with Crippen molar-refractivity contribution in [2.24, 2.45) is 0 Å². The smallest absolute Gasteiger partial charge is 0.317 e.